The summed E-state index contributed by atoms with van der Waals surface area (Å²) in [5, 5.41) is 5.93. The van der Waals surface area contributed by atoms with E-state index in [0.717, 1.165) is 12.0 Å². The fourth-order valence-corrected chi connectivity index (χ4v) is 5.38. The number of rotatable bonds is 10. The van der Waals surface area contributed by atoms with Crippen molar-refractivity contribution in [1.29, 1.82) is 0 Å². The number of hydrogen-bond acceptors (Lipinski definition) is 11. The van der Waals surface area contributed by atoms with Crippen molar-refractivity contribution in [3.05, 3.63) is 83.2 Å². The number of anilines is 1. The first kappa shape index (κ1) is 28.8. The number of aryl methyl sites for hydroxylation is 1. The number of ether oxygens (including phenoxy) is 4. The van der Waals surface area contributed by atoms with Crippen molar-refractivity contribution < 1.29 is 37.7 Å². The first-order chi connectivity index (χ1) is 20.3. The predicted molar refractivity (Wildman–Crippen MR) is 154 cm³/mol. The van der Waals surface area contributed by atoms with E-state index >= 15 is 0 Å². The van der Waals surface area contributed by atoms with E-state index in [1.807, 2.05) is 19.1 Å². The highest BCUT2D eigenvalue weighted by atomic mass is 32.1. The Bertz CT molecular complexity index is 1560. The molecule has 0 spiro atoms. The van der Waals surface area contributed by atoms with Crippen LogP contribution in [0, 0.1) is 6.92 Å². The van der Waals surface area contributed by atoms with Crippen molar-refractivity contribution in [2.45, 2.75) is 38.6 Å². The normalized spacial score (nSPS) is 17.7. The maximum atomic E-state index is 13.9. The molecule has 218 valence electrons. The summed E-state index contributed by atoms with van der Waals surface area (Å²) in [5.41, 5.74) is 0.506. The van der Waals surface area contributed by atoms with Crippen molar-refractivity contribution in [3.8, 4) is 11.5 Å². The van der Waals surface area contributed by atoms with Gasteiger partial charge in [0, 0.05) is 24.2 Å². The SMILES string of the molecule is CCOC(=O)c1ncoc1C[C@@H](c1ccc2c(c1)OCO2)[C@@]1(C(=O)OCC)NC=C(C(=O)Nc2ccc(C)cc2)C1=S. The molecule has 1 aromatic heterocycles. The molecule has 2 atom stereocenters. The van der Waals surface area contributed by atoms with Gasteiger partial charge in [0.25, 0.3) is 5.91 Å². The van der Waals surface area contributed by atoms with E-state index < -0.39 is 29.3 Å². The third kappa shape index (κ3) is 5.32. The van der Waals surface area contributed by atoms with Crippen LogP contribution in [0.1, 0.15) is 47.1 Å². The molecule has 0 saturated heterocycles. The number of esters is 2. The largest absolute Gasteiger partial charge is 0.464 e. The number of carbonyl (C=O) groups is 3. The zero-order valence-electron chi connectivity index (χ0n) is 23.2. The van der Waals surface area contributed by atoms with Crippen LogP contribution in [0.25, 0.3) is 0 Å². The second kappa shape index (κ2) is 12.0. The first-order valence-electron chi connectivity index (χ1n) is 13.3. The van der Waals surface area contributed by atoms with E-state index in [4.69, 9.17) is 35.6 Å². The van der Waals surface area contributed by atoms with Crippen LogP contribution in [0.3, 0.4) is 0 Å². The molecule has 2 aromatic carbocycles. The van der Waals surface area contributed by atoms with E-state index in [9.17, 15) is 14.4 Å². The maximum absolute atomic E-state index is 13.9. The summed E-state index contributed by atoms with van der Waals surface area (Å²) in [6.07, 6.45) is 2.50. The van der Waals surface area contributed by atoms with Gasteiger partial charge in [-0.15, -0.1) is 0 Å². The summed E-state index contributed by atoms with van der Waals surface area (Å²) >= 11 is 5.89. The molecule has 3 heterocycles. The van der Waals surface area contributed by atoms with Gasteiger partial charge < -0.3 is 34.0 Å². The van der Waals surface area contributed by atoms with Gasteiger partial charge in [-0.25, -0.2) is 14.6 Å². The lowest BCUT2D eigenvalue weighted by Crippen LogP contribution is -2.58. The van der Waals surface area contributed by atoms with Gasteiger partial charge in [0.2, 0.25) is 6.79 Å². The van der Waals surface area contributed by atoms with Crippen LogP contribution < -0.4 is 20.1 Å². The standard InChI is InChI=1S/C30H29N3O8S/c1-4-37-28(35)25-24(39-15-31-25)13-21(18-8-11-22-23(12-18)41-16-40-22)30(29(36)38-5-2)26(42)20(14-32-30)27(34)33-19-9-6-17(3)7-10-19/h6-12,14-15,21,32H,4-5,13,16H2,1-3H3,(H,33,34)/t21-,30+/m0/s1. The van der Waals surface area contributed by atoms with E-state index in [1.54, 1.807) is 44.2 Å². The van der Waals surface area contributed by atoms with Crippen LogP contribution >= 0.6 is 12.2 Å². The van der Waals surface area contributed by atoms with Crippen molar-refractivity contribution >= 4 is 40.6 Å². The molecule has 1 amide bonds. The lowest BCUT2D eigenvalue weighted by atomic mass is 9.74. The van der Waals surface area contributed by atoms with Gasteiger partial charge in [0.1, 0.15) is 5.76 Å². The number of amides is 1. The average Bonchev–Trinajstić information content (AvgIpc) is 3.72. The van der Waals surface area contributed by atoms with E-state index in [2.05, 4.69) is 15.6 Å². The number of aromatic nitrogens is 1. The number of nitrogens with zero attached hydrogens (tertiary/aromatic N) is 1. The van der Waals surface area contributed by atoms with Crippen LogP contribution in [0.5, 0.6) is 11.5 Å². The van der Waals surface area contributed by atoms with Crippen molar-refractivity contribution in [2.24, 2.45) is 0 Å². The Morgan fingerprint density at radius 2 is 1.81 bits per heavy atom. The Morgan fingerprint density at radius 3 is 2.55 bits per heavy atom. The summed E-state index contributed by atoms with van der Waals surface area (Å²) in [7, 11) is 0. The molecule has 3 aromatic rings. The van der Waals surface area contributed by atoms with E-state index in [0.29, 0.717) is 22.7 Å². The third-order valence-electron chi connectivity index (χ3n) is 7.02. The van der Waals surface area contributed by atoms with Crippen molar-refractivity contribution in [1.82, 2.24) is 10.3 Å². The molecule has 0 saturated carbocycles. The minimum absolute atomic E-state index is 0.0189. The monoisotopic (exact) mass is 591 g/mol. The number of oxazole rings is 1. The smallest absolute Gasteiger partial charge is 0.360 e. The highest BCUT2D eigenvalue weighted by Gasteiger charge is 2.56. The number of thiocarbonyl (C=S) groups is 1. The molecule has 11 nitrogen and oxygen atoms in total. The van der Waals surface area contributed by atoms with Gasteiger partial charge in [0.05, 0.1) is 23.7 Å². The summed E-state index contributed by atoms with van der Waals surface area (Å²) in [5.74, 6) is -1.57. The van der Waals surface area contributed by atoms with Crippen LogP contribution in [0.4, 0.5) is 5.69 Å². The fourth-order valence-electron chi connectivity index (χ4n) is 4.95. The van der Waals surface area contributed by atoms with Crippen molar-refractivity contribution in [2.75, 3.05) is 25.3 Å². The molecule has 2 aliphatic heterocycles. The topological polar surface area (TPSA) is 138 Å². The third-order valence-corrected chi connectivity index (χ3v) is 7.56. The zero-order chi connectivity index (χ0) is 29.9. The molecule has 0 fully saturated rings. The predicted octanol–water partition coefficient (Wildman–Crippen LogP) is 4.01. The number of benzene rings is 2. The molecule has 0 bridgehead atoms. The lowest BCUT2D eigenvalue weighted by molar-refractivity contribution is -0.148. The summed E-state index contributed by atoms with van der Waals surface area (Å²) < 4.78 is 27.4. The Labute approximate surface area is 247 Å². The second-order valence-electron chi connectivity index (χ2n) is 9.59. The van der Waals surface area contributed by atoms with Gasteiger partial charge in [-0.3, -0.25) is 4.79 Å². The molecule has 0 unspecified atom stereocenters. The highest BCUT2D eigenvalue weighted by Crippen LogP contribution is 2.43. The Kier molecular flexibility index (Phi) is 8.25. The van der Waals surface area contributed by atoms with Crippen LogP contribution in [-0.2, 0) is 25.5 Å². The summed E-state index contributed by atoms with van der Waals surface area (Å²) in [6.45, 7) is 5.53. The maximum Gasteiger partial charge on any atom is 0.360 e. The quantitative estimate of drug-likeness (QED) is 0.261. The van der Waals surface area contributed by atoms with Crippen LogP contribution in [-0.4, -0.2) is 53.2 Å². The Hall–Kier alpha value is -4.71. The molecule has 5 rings (SSSR count). The molecule has 2 aliphatic rings. The molecule has 12 heteroatoms. The Morgan fingerprint density at radius 1 is 1.07 bits per heavy atom. The lowest BCUT2D eigenvalue weighted by Gasteiger charge is -2.36. The number of carbonyl (C=O) groups excluding carboxylic acids is 3. The first-order valence-corrected chi connectivity index (χ1v) is 13.8. The number of fused-ring (bicyclic) bond motifs is 1. The molecule has 42 heavy (non-hydrogen) atoms. The molecular weight excluding hydrogens is 562 g/mol. The van der Waals surface area contributed by atoms with E-state index in [-0.39, 0.29) is 48.3 Å². The molecular formula is C30H29N3O8S. The summed E-state index contributed by atoms with van der Waals surface area (Å²) in [6, 6.07) is 12.5. The zero-order valence-corrected chi connectivity index (χ0v) is 24.0. The molecule has 0 aliphatic carbocycles. The number of hydrogen-bond donors (Lipinski definition) is 2. The summed E-state index contributed by atoms with van der Waals surface area (Å²) in [4.78, 5) is 44.1. The highest BCUT2D eigenvalue weighted by molar-refractivity contribution is 7.81. The second-order valence-corrected chi connectivity index (χ2v) is 10.0. The number of nitrogens with one attached hydrogen (secondary N) is 2. The van der Waals surface area contributed by atoms with Gasteiger partial charge >= 0.3 is 11.9 Å². The average molecular weight is 592 g/mol. The minimum atomic E-state index is -1.74. The van der Waals surface area contributed by atoms with E-state index in [1.165, 1.54) is 6.20 Å². The molecule has 0 radical (unpaired) electrons. The molecule has 2 N–H and O–H groups in total. The van der Waals surface area contributed by atoms with Gasteiger partial charge in [-0.2, -0.15) is 0 Å². The minimum Gasteiger partial charge on any atom is -0.464 e. The van der Waals surface area contributed by atoms with Gasteiger partial charge in [0.15, 0.2) is 29.1 Å². The van der Waals surface area contributed by atoms with Crippen LogP contribution in [0.15, 0.2) is 65.0 Å². The van der Waals surface area contributed by atoms with Crippen LogP contribution in [0.2, 0.25) is 0 Å². The Balaban J connectivity index is 1.57. The van der Waals surface area contributed by atoms with Gasteiger partial charge in [-0.05, 0) is 50.6 Å². The van der Waals surface area contributed by atoms with Gasteiger partial charge in [-0.1, -0.05) is 36.0 Å². The van der Waals surface area contributed by atoms with Crippen molar-refractivity contribution in [3.63, 3.8) is 0 Å². The fraction of sp³-hybridized carbons (Fsp3) is 0.300.